The van der Waals surface area contributed by atoms with Crippen LogP contribution in [0.15, 0.2) is 24.3 Å². The van der Waals surface area contributed by atoms with Gasteiger partial charge in [-0.05, 0) is 37.1 Å². The zero-order chi connectivity index (χ0) is 15.2. The first-order valence-electron chi connectivity index (χ1n) is 7.38. The van der Waals surface area contributed by atoms with Crippen molar-refractivity contribution in [2.75, 3.05) is 20.2 Å². The highest BCUT2D eigenvalue weighted by molar-refractivity contribution is 5.67. The number of ether oxygens (including phenoxy) is 1. The largest absolute Gasteiger partial charge is 0.497 e. The van der Waals surface area contributed by atoms with Gasteiger partial charge in [0.1, 0.15) is 5.75 Å². The molecular weight excluding hydrogens is 270 g/mol. The van der Waals surface area contributed by atoms with Gasteiger partial charge in [-0.25, -0.2) is 0 Å². The third-order valence-electron chi connectivity index (χ3n) is 4.05. The van der Waals surface area contributed by atoms with Crippen LogP contribution in [0.2, 0.25) is 0 Å². The predicted molar refractivity (Wildman–Crippen MR) is 79.4 cm³/mol. The van der Waals surface area contributed by atoms with Crippen LogP contribution in [0.25, 0.3) is 0 Å². The van der Waals surface area contributed by atoms with E-state index in [0.29, 0.717) is 12.3 Å². The maximum atomic E-state index is 10.9. The summed E-state index contributed by atoms with van der Waals surface area (Å²) < 4.78 is 5.17. The lowest BCUT2D eigenvalue weighted by atomic mass is 9.98. The van der Waals surface area contributed by atoms with Crippen molar-refractivity contribution < 1.29 is 19.7 Å². The normalized spacial score (nSPS) is 21.0. The van der Waals surface area contributed by atoms with Crippen LogP contribution in [0, 0.1) is 0 Å². The molecule has 5 nitrogen and oxygen atoms in total. The van der Waals surface area contributed by atoms with Crippen molar-refractivity contribution >= 4 is 5.97 Å². The number of hydrogen-bond donors (Lipinski definition) is 2. The number of nitrogens with zero attached hydrogens (tertiary/aromatic N) is 1. The van der Waals surface area contributed by atoms with E-state index in [-0.39, 0.29) is 12.5 Å². The predicted octanol–water partition coefficient (Wildman–Crippen LogP) is 2.06. The number of methoxy groups -OCH3 is 1. The number of β-amino-alcohol motifs (C(OH)–C–C–N with tert-alkyl or cyclic N) is 1. The smallest absolute Gasteiger partial charge is 0.304 e. The van der Waals surface area contributed by atoms with Crippen LogP contribution in [-0.2, 0) is 4.79 Å². The second-order valence-corrected chi connectivity index (χ2v) is 5.53. The minimum Gasteiger partial charge on any atom is -0.497 e. The Bertz CT molecular complexity index is 477. The number of aliphatic carboxylic acids is 1. The molecule has 2 N–H and O–H groups in total. The number of piperidine rings is 1. The average Bonchev–Trinajstić information content (AvgIpc) is 2.48. The lowest BCUT2D eigenvalue weighted by Crippen LogP contribution is -2.43. The fourth-order valence-corrected chi connectivity index (χ4v) is 2.91. The van der Waals surface area contributed by atoms with Gasteiger partial charge in [-0.3, -0.25) is 9.69 Å². The number of carboxylic acid groups (broad SMARTS) is 1. The van der Waals surface area contributed by atoms with Crippen LogP contribution in [0.3, 0.4) is 0 Å². The monoisotopic (exact) mass is 293 g/mol. The van der Waals surface area contributed by atoms with Crippen LogP contribution >= 0.6 is 0 Å². The van der Waals surface area contributed by atoms with E-state index < -0.39 is 12.1 Å². The molecule has 5 heteroatoms. The van der Waals surface area contributed by atoms with Gasteiger partial charge < -0.3 is 14.9 Å². The molecule has 0 saturated carbocycles. The Hall–Kier alpha value is -1.59. The van der Waals surface area contributed by atoms with E-state index >= 15 is 0 Å². The first kappa shape index (κ1) is 15.8. The van der Waals surface area contributed by atoms with Crippen LogP contribution < -0.4 is 4.74 Å². The molecule has 116 valence electrons. The molecule has 1 fully saturated rings. The Morgan fingerprint density at radius 1 is 1.48 bits per heavy atom. The Morgan fingerprint density at radius 2 is 2.29 bits per heavy atom. The van der Waals surface area contributed by atoms with Gasteiger partial charge in [-0.1, -0.05) is 18.6 Å². The number of likely N-dealkylation sites (tertiary alicyclic amines) is 1. The summed E-state index contributed by atoms with van der Waals surface area (Å²) in [5, 5.41) is 19.4. The highest BCUT2D eigenvalue weighted by Gasteiger charge is 2.26. The van der Waals surface area contributed by atoms with Gasteiger partial charge in [0.15, 0.2) is 0 Å². The molecule has 0 bridgehead atoms. The van der Waals surface area contributed by atoms with Crippen molar-refractivity contribution in [3.8, 4) is 5.75 Å². The van der Waals surface area contributed by atoms with E-state index in [9.17, 15) is 9.90 Å². The number of rotatable bonds is 6. The van der Waals surface area contributed by atoms with Gasteiger partial charge in [-0.2, -0.15) is 0 Å². The van der Waals surface area contributed by atoms with Gasteiger partial charge in [-0.15, -0.1) is 0 Å². The fraction of sp³-hybridized carbons (Fsp3) is 0.562. The molecule has 2 unspecified atom stereocenters. The van der Waals surface area contributed by atoms with Crippen LogP contribution in [0.1, 0.15) is 37.4 Å². The van der Waals surface area contributed by atoms with E-state index in [4.69, 9.17) is 9.84 Å². The summed E-state index contributed by atoms with van der Waals surface area (Å²) in [7, 11) is 1.60. The third kappa shape index (κ3) is 4.44. The number of hydrogen-bond acceptors (Lipinski definition) is 4. The maximum absolute atomic E-state index is 10.9. The first-order valence-corrected chi connectivity index (χ1v) is 7.38. The number of aliphatic hydroxyl groups is 1. The van der Waals surface area contributed by atoms with Gasteiger partial charge in [0, 0.05) is 12.6 Å². The molecule has 1 aliphatic heterocycles. The molecule has 1 aromatic carbocycles. The average molecular weight is 293 g/mol. The number of aliphatic hydroxyl groups excluding tert-OH is 1. The van der Waals surface area contributed by atoms with Crippen LogP contribution in [0.5, 0.6) is 5.75 Å². The molecule has 21 heavy (non-hydrogen) atoms. The van der Waals surface area contributed by atoms with Gasteiger partial charge in [0.05, 0.1) is 19.6 Å². The van der Waals surface area contributed by atoms with E-state index in [2.05, 4.69) is 4.90 Å². The molecule has 0 amide bonds. The van der Waals surface area contributed by atoms with Gasteiger partial charge in [0.25, 0.3) is 0 Å². The molecule has 0 aromatic heterocycles. The topological polar surface area (TPSA) is 70.0 Å². The highest BCUT2D eigenvalue weighted by atomic mass is 16.5. The van der Waals surface area contributed by atoms with E-state index in [1.807, 2.05) is 24.3 Å². The molecule has 0 radical (unpaired) electrons. The van der Waals surface area contributed by atoms with Gasteiger partial charge >= 0.3 is 5.97 Å². The van der Waals surface area contributed by atoms with Crippen molar-refractivity contribution in [2.45, 2.75) is 37.8 Å². The molecule has 1 saturated heterocycles. The van der Waals surface area contributed by atoms with Crippen molar-refractivity contribution in [3.63, 3.8) is 0 Å². The minimum atomic E-state index is -0.775. The minimum absolute atomic E-state index is 0.0245. The molecule has 0 aliphatic carbocycles. The zero-order valence-corrected chi connectivity index (χ0v) is 12.4. The van der Waals surface area contributed by atoms with E-state index in [0.717, 1.165) is 31.4 Å². The van der Waals surface area contributed by atoms with Crippen molar-refractivity contribution in [2.24, 2.45) is 0 Å². The fourth-order valence-electron chi connectivity index (χ4n) is 2.91. The quantitative estimate of drug-likeness (QED) is 0.840. The molecule has 1 aliphatic rings. The Balaban J connectivity index is 2.01. The highest BCUT2D eigenvalue weighted by Crippen LogP contribution is 2.25. The molecule has 2 atom stereocenters. The molecule has 0 spiro atoms. The number of carbonyl (C=O) groups is 1. The Morgan fingerprint density at radius 3 is 3.00 bits per heavy atom. The standard InChI is InChI=1S/C16H23NO4/c1-21-14-7-4-5-12(9-14)15(18)11-17-8-3-2-6-13(17)10-16(19)20/h4-5,7,9,13,15,18H,2-3,6,8,10-11H2,1H3,(H,19,20). The summed E-state index contributed by atoms with van der Waals surface area (Å²) in [6, 6.07) is 7.40. The van der Waals surface area contributed by atoms with Crippen molar-refractivity contribution in [3.05, 3.63) is 29.8 Å². The van der Waals surface area contributed by atoms with E-state index in [1.165, 1.54) is 0 Å². The SMILES string of the molecule is COc1cccc(C(O)CN2CCCCC2CC(=O)O)c1. The van der Waals surface area contributed by atoms with Gasteiger partial charge in [0.2, 0.25) is 0 Å². The van der Waals surface area contributed by atoms with Crippen LogP contribution in [-0.4, -0.2) is 47.3 Å². The molecule has 1 aromatic rings. The second-order valence-electron chi connectivity index (χ2n) is 5.53. The summed E-state index contributed by atoms with van der Waals surface area (Å²) in [6.07, 6.45) is 2.52. The third-order valence-corrected chi connectivity index (χ3v) is 4.05. The molecular formula is C16H23NO4. The lowest BCUT2D eigenvalue weighted by Gasteiger charge is -2.36. The molecule has 1 heterocycles. The zero-order valence-electron chi connectivity index (χ0n) is 12.4. The molecule has 2 rings (SSSR count). The summed E-state index contributed by atoms with van der Waals surface area (Å²) in [6.45, 7) is 1.31. The number of benzene rings is 1. The first-order chi connectivity index (χ1) is 10.1. The van der Waals surface area contributed by atoms with E-state index in [1.54, 1.807) is 7.11 Å². The van der Waals surface area contributed by atoms with Crippen molar-refractivity contribution in [1.82, 2.24) is 4.90 Å². The summed E-state index contributed by atoms with van der Waals surface area (Å²) >= 11 is 0. The lowest BCUT2D eigenvalue weighted by molar-refractivity contribution is -0.139. The summed E-state index contributed by atoms with van der Waals surface area (Å²) in [5.41, 5.74) is 0.800. The Kier molecular flexibility index (Phi) is 5.59. The number of carboxylic acids is 1. The summed E-state index contributed by atoms with van der Waals surface area (Å²) in [5.74, 6) is -0.0601. The maximum Gasteiger partial charge on any atom is 0.304 e. The van der Waals surface area contributed by atoms with Crippen molar-refractivity contribution in [1.29, 1.82) is 0 Å². The Labute approximate surface area is 125 Å². The summed E-state index contributed by atoms with van der Waals surface area (Å²) in [4.78, 5) is 13.0. The second kappa shape index (κ2) is 7.43. The van der Waals surface area contributed by atoms with Crippen LogP contribution in [0.4, 0.5) is 0 Å².